The summed E-state index contributed by atoms with van der Waals surface area (Å²) in [6, 6.07) is 11.9. The molecule has 0 saturated carbocycles. The van der Waals surface area contributed by atoms with Crippen LogP contribution in [0, 0.1) is 11.3 Å². The Morgan fingerprint density at radius 2 is 2.06 bits per heavy atom. The number of hydrogen-bond donors (Lipinski definition) is 1. The molecule has 0 spiro atoms. The highest BCUT2D eigenvalue weighted by atomic mass is 32.2. The monoisotopic (exact) mass is 464 g/mol. The summed E-state index contributed by atoms with van der Waals surface area (Å²) in [6.07, 6.45) is 5.33. The molecule has 1 aliphatic rings. The molecule has 0 fully saturated rings. The van der Waals surface area contributed by atoms with E-state index >= 15 is 0 Å². The van der Waals surface area contributed by atoms with Gasteiger partial charge in [-0.2, -0.15) is 5.26 Å². The van der Waals surface area contributed by atoms with Crippen molar-refractivity contribution in [2.75, 3.05) is 12.4 Å². The number of benzene rings is 1. The van der Waals surface area contributed by atoms with Crippen LogP contribution in [0.25, 0.3) is 11.3 Å². The van der Waals surface area contributed by atoms with Crippen molar-refractivity contribution in [3.05, 3.63) is 52.5 Å². The molecular formula is C24H24N4O2S2. The normalized spacial score (nSPS) is 14.0. The molecule has 0 saturated heterocycles. The molecule has 2 heterocycles. The fraction of sp³-hybridized carbons (Fsp3) is 0.333. The maximum atomic E-state index is 12.8. The molecule has 1 unspecified atom stereocenters. The van der Waals surface area contributed by atoms with E-state index in [1.165, 1.54) is 35.1 Å². The largest absolute Gasteiger partial charge is 0.496 e. The number of nitriles is 1. The second-order valence-electron chi connectivity index (χ2n) is 7.61. The van der Waals surface area contributed by atoms with Gasteiger partial charge < -0.3 is 10.1 Å². The molecule has 6 nitrogen and oxygen atoms in total. The van der Waals surface area contributed by atoms with Crippen molar-refractivity contribution in [3.63, 3.8) is 0 Å². The summed E-state index contributed by atoms with van der Waals surface area (Å²) in [7, 11) is 1.62. The number of para-hydroxylation sites is 1. The lowest BCUT2D eigenvalue weighted by molar-refractivity contribution is -0.115. The smallest absolute Gasteiger partial charge is 0.239 e. The number of nitrogens with zero attached hydrogens (tertiary/aromatic N) is 3. The Morgan fingerprint density at radius 1 is 1.25 bits per heavy atom. The predicted molar refractivity (Wildman–Crippen MR) is 128 cm³/mol. The van der Waals surface area contributed by atoms with Gasteiger partial charge in [-0.3, -0.25) is 4.79 Å². The van der Waals surface area contributed by atoms with Gasteiger partial charge in [0.25, 0.3) is 0 Å². The molecule has 32 heavy (non-hydrogen) atoms. The van der Waals surface area contributed by atoms with Gasteiger partial charge in [0.2, 0.25) is 5.91 Å². The molecule has 8 heteroatoms. The quantitative estimate of drug-likeness (QED) is 0.384. The number of hydrogen-bond acceptors (Lipinski definition) is 7. The molecule has 1 aromatic carbocycles. The minimum atomic E-state index is -0.419. The number of rotatable bonds is 6. The minimum absolute atomic E-state index is 0.170. The number of anilines is 1. The van der Waals surface area contributed by atoms with Gasteiger partial charge in [-0.25, -0.2) is 9.97 Å². The Balaban J connectivity index is 1.47. The molecule has 2 aromatic heterocycles. The summed E-state index contributed by atoms with van der Waals surface area (Å²) in [4.78, 5) is 22.1. The summed E-state index contributed by atoms with van der Waals surface area (Å²) < 4.78 is 5.40. The fourth-order valence-electron chi connectivity index (χ4n) is 3.70. The highest BCUT2D eigenvalue weighted by Crippen LogP contribution is 2.33. The summed E-state index contributed by atoms with van der Waals surface area (Å²) in [5.74, 6) is 0.564. The number of carbonyl (C=O) groups excluding carboxylic acids is 1. The zero-order valence-corrected chi connectivity index (χ0v) is 19.7. The Hall–Kier alpha value is -2.89. The molecule has 4 rings (SSSR count). The molecule has 1 atom stereocenters. The summed E-state index contributed by atoms with van der Waals surface area (Å²) in [5.41, 5.74) is 4.41. The van der Waals surface area contributed by atoms with E-state index in [9.17, 15) is 10.1 Å². The Morgan fingerprint density at radius 3 is 2.88 bits per heavy atom. The number of carbonyl (C=O) groups is 1. The first-order chi connectivity index (χ1) is 15.6. The maximum Gasteiger partial charge on any atom is 0.239 e. The average Bonchev–Trinajstić information content (AvgIpc) is 3.15. The van der Waals surface area contributed by atoms with Gasteiger partial charge in [-0.1, -0.05) is 30.3 Å². The van der Waals surface area contributed by atoms with E-state index in [0.29, 0.717) is 15.7 Å². The van der Waals surface area contributed by atoms with Crippen LogP contribution in [-0.4, -0.2) is 28.2 Å². The third-order valence-electron chi connectivity index (χ3n) is 5.41. The molecule has 0 radical (unpaired) electrons. The molecule has 0 bridgehead atoms. The van der Waals surface area contributed by atoms with E-state index in [2.05, 4.69) is 16.4 Å². The maximum absolute atomic E-state index is 12.8. The lowest BCUT2D eigenvalue weighted by Gasteiger charge is -2.13. The van der Waals surface area contributed by atoms with Crippen LogP contribution in [-0.2, 0) is 17.6 Å². The number of pyridine rings is 1. The highest BCUT2D eigenvalue weighted by molar-refractivity contribution is 8.00. The van der Waals surface area contributed by atoms with Gasteiger partial charge in [-0.15, -0.1) is 11.3 Å². The first-order valence-corrected chi connectivity index (χ1v) is 12.3. The lowest BCUT2D eigenvalue weighted by Crippen LogP contribution is -2.22. The number of methoxy groups -OCH3 is 1. The van der Waals surface area contributed by atoms with Crippen LogP contribution in [0.4, 0.5) is 5.13 Å². The first kappa shape index (κ1) is 22.3. The van der Waals surface area contributed by atoms with E-state index in [4.69, 9.17) is 9.72 Å². The number of thioether (sulfide) groups is 1. The van der Waals surface area contributed by atoms with Crippen LogP contribution in [0.2, 0.25) is 0 Å². The first-order valence-electron chi connectivity index (χ1n) is 10.6. The predicted octanol–water partition coefficient (Wildman–Crippen LogP) is 5.47. The van der Waals surface area contributed by atoms with Crippen LogP contribution in [0.5, 0.6) is 5.75 Å². The van der Waals surface area contributed by atoms with Crippen molar-refractivity contribution in [3.8, 4) is 23.1 Å². The van der Waals surface area contributed by atoms with Gasteiger partial charge in [0.15, 0.2) is 5.13 Å². The van der Waals surface area contributed by atoms with Gasteiger partial charge in [0.05, 0.1) is 23.6 Å². The number of amides is 1. The number of ether oxygens (including phenoxy) is 1. The van der Waals surface area contributed by atoms with E-state index in [-0.39, 0.29) is 5.91 Å². The third kappa shape index (κ3) is 4.95. The minimum Gasteiger partial charge on any atom is -0.496 e. The lowest BCUT2D eigenvalue weighted by atomic mass is 10.1. The van der Waals surface area contributed by atoms with Gasteiger partial charge in [0.1, 0.15) is 16.8 Å². The molecule has 1 N–H and O–H groups in total. The van der Waals surface area contributed by atoms with E-state index < -0.39 is 5.25 Å². The van der Waals surface area contributed by atoms with Crippen molar-refractivity contribution in [2.45, 2.75) is 49.3 Å². The van der Waals surface area contributed by atoms with Crippen molar-refractivity contribution >= 4 is 34.1 Å². The van der Waals surface area contributed by atoms with Crippen molar-refractivity contribution in [2.24, 2.45) is 0 Å². The van der Waals surface area contributed by atoms with Gasteiger partial charge in [0, 0.05) is 16.6 Å². The third-order valence-corrected chi connectivity index (χ3v) is 7.27. The summed E-state index contributed by atoms with van der Waals surface area (Å²) in [6.45, 7) is 1.82. The zero-order chi connectivity index (χ0) is 22.5. The zero-order valence-electron chi connectivity index (χ0n) is 18.1. The van der Waals surface area contributed by atoms with Gasteiger partial charge >= 0.3 is 0 Å². The summed E-state index contributed by atoms with van der Waals surface area (Å²) >= 11 is 2.69. The second-order valence-corrected chi connectivity index (χ2v) is 9.79. The van der Waals surface area contributed by atoms with Crippen LogP contribution in [0.15, 0.2) is 40.7 Å². The average molecular weight is 465 g/mol. The molecular weight excluding hydrogens is 440 g/mol. The Labute approximate surface area is 196 Å². The van der Waals surface area contributed by atoms with Crippen molar-refractivity contribution in [1.29, 1.82) is 5.26 Å². The van der Waals surface area contributed by atoms with Crippen molar-refractivity contribution in [1.82, 2.24) is 9.97 Å². The number of fused-ring (bicyclic) bond motifs is 1. The van der Waals surface area contributed by atoms with Gasteiger partial charge in [-0.05, 0) is 56.4 Å². The Kier molecular flexibility index (Phi) is 7.08. The van der Waals surface area contributed by atoms with E-state index in [0.717, 1.165) is 48.4 Å². The highest BCUT2D eigenvalue weighted by Gasteiger charge is 2.21. The molecule has 3 aromatic rings. The van der Waals surface area contributed by atoms with Crippen LogP contribution in [0.1, 0.15) is 43.0 Å². The van der Waals surface area contributed by atoms with Crippen LogP contribution >= 0.6 is 23.1 Å². The fourth-order valence-corrected chi connectivity index (χ4v) is 5.31. The molecule has 0 aliphatic heterocycles. The number of nitrogens with one attached hydrogen (secondary N) is 1. The topological polar surface area (TPSA) is 87.9 Å². The standard InChI is InChI=1S/C24H24N4O2S2/c1-15(32-23-17(13-25)12-16-8-4-3-5-10-19(16)26-23)22(29)28-24-27-20(14-31-24)18-9-6-7-11-21(18)30-2/h6-7,9,11-12,14-15H,3-5,8,10H2,1-2H3,(H,27,28,29). The van der Waals surface area contributed by atoms with Crippen LogP contribution in [0.3, 0.4) is 0 Å². The number of thiazole rings is 1. The second kappa shape index (κ2) is 10.2. The van der Waals surface area contributed by atoms with E-state index in [1.807, 2.05) is 42.6 Å². The molecule has 164 valence electrons. The molecule has 1 aliphatic carbocycles. The molecule has 1 amide bonds. The number of aromatic nitrogens is 2. The van der Waals surface area contributed by atoms with Crippen LogP contribution < -0.4 is 10.1 Å². The van der Waals surface area contributed by atoms with Crippen molar-refractivity contribution < 1.29 is 9.53 Å². The Bertz CT molecular complexity index is 1170. The number of aryl methyl sites for hydroxylation is 2. The SMILES string of the molecule is COc1ccccc1-c1csc(NC(=O)C(C)Sc2nc3c(cc2C#N)CCCCC3)n1. The summed E-state index contributed by atoms with van der Waals surface area (Å²) in [5, 5.41) is 15.1. The van der Waals surface area contributed by atoms with E-state index in [1.54, 1.807) is 7.11 Å².